The van der Waals surface area contributed by atoms with Gasteiger partial charge < -0.3 is 4.98 Å². The number of hydrogen-bond donors (Lipinski definition) is 1. The van der Waals surface area contributed by atoms with Crippen molar-refractivity contribution in [2.45, 2.75) is 43.5 Å². The lowest BCUT2D eigenvalue weighted by Gasteiger charge is -2.06. The number of rotatable bonds is 4. The van der Waals surface area contributed by atoms with Gasteiger partial charge in [-0.2, -0.15) is 0 Å². The highest BCUT2D eigenvalue weighted by Crippen LogP contribution is 2.39. The van der Waals surface area contributed by atoms with Gasteiger partial charge in [0.15, 0.2) is 5.16 Å². The summed E-state index contributed by atoms with van der Waals surface area (Å²) in [6, 6.07) is 4.03. The van der Waals surface area contributed by atoms with E-state index in [-0.39, 0.29) is 5.56 Å². The Labute approximate surface area is 122 Å². The molecule has 5 heteroatoms. The van der Waals surface area contributed by atoms with Gasteiger partial charge in [0.05, 0.1) is 5.69 Å². The van der Waals surface area contributed by atoms with Crippen LogP contribution in [0.3, 0.4) is 0 Å². The van der Waals surface area contributed by atoms with Gasteiger partial charge in [-0.15, -0.1) is 0 Å². The minimum atomic E-state index is 0.0275. The molecule has 0 saturated heterocycles. The van der Waals surface area contributed by atoms with E-state index in [9.17, 15) is 4.79 Å². The van der Waals surface area contributed by atoms with Gasteiger partial charge in [-0.3, -0.25) is 9.78 Å². The number of aromatic amines is 1. The first-order valence-corrected chi connectivity index (χ1v) is 7.77. The minimum Gasteiger partial charge on any atom is -0.301 e. The van der Waals surface area contributed by atoms with Crippen LogP contribution in [0.2, 0.25) is 0 Å². The molecule has 0 atom stereocenters. The monoisotopic (exact) mass is 287 g/mol. The van der Waals surface area contributed by atoms with Crippen molar-refractivity contribution in [3.8, 4) is 0 Å². The van der Waals surface area contributed by atoms with Crippen molar-refractivity contribution in [2.24, 2.45) is 0 Å². The van der Waals surface area contributed by atoms with E-state index in [1.807, 2.05) is 26.1 Å². The van der Waals surface area contributed by atoms with Crippen LogP contribution in [0.5, 0.6) is 0 Å². The van der Waals surface area contributed by atoms with E-state index in [4.69, 9.17) is 0 Å². The molecule has 1 aliphatic carbocycles. The maximum Gasteiger partial charge on any atom is 0.255 e. The highest BCUT2D eigenvalue weighted by atomic mass is 32.2. The summed E-state index contributed by atoms with van der Waals surface area (Å²) >= 11 is 1.52. The molecule has 0 spiro atoms. The maximum absolute atomic E-state index is 12.1. The normalized spacial score (nSPS) is 14.5. The molecule has 1 fully saturated rings. The third kappa shape index (κ3) is 2.93. The Morgan fingerprint density at radius 1 is 1.40 bits per heavy atom. The third-order valence-corrected chi connectivity index (χ3v) is 4.35. The highest BCUT2D eigenvalue weighted by Gasteiger charge is 2.28. The van der Waals surface area contributed by atoms with E-state index in [0.717, 1.165) is 29.8 Å². The number of pyridine rings is 1. The first-order chi connectivity index (χ1) is 9.63. The first kappa shape index (κ1) is 13.4. The number of H-pyrrole nitrogens is 1. The molecule has 0 aliphatic heterocycles. The Bertz CT molecular complexity index is 692. The molecule has 0 radical (unpaired) electrons. The molecule has 1 saturated carbocycles. The Morgan fingerprint density at radius 3 is 2.85 bits per heavy atom. The first-order valence-electron chi connectivity index (χ1n) is 6.78. The molecule has 3 rings (SSSR count). The van der Waals surface area contributed by atoms with Crippen LogP contribution in [-0.2, 0) is 5.75 Å². The average molecular weight is 287 g/mol. The third-order valence-electron chi connectivity index (χ3n) is 3.44. The second kappa shape index (κ2) is 5.40. The number of hydrogen-bond acceptors (Lipinski definition) is 4. The zero-order valence-corrected chi connectivity index (χ0v) is 12.5. The fraction of sp³-hybridized carbons (Fsp3) is 0.400. The maximum atomic E-state index is 12.1. The largest absolute Gasteiger partial charge is 0.301 e. The smallest absolute Gasteiger partial charge is 0.255 e. The summed E-state index contributed by atoms with van der Waals surface area (Å²) in [6.45, 7) is 3.97. The predicted molar refractivity (Wildman–Crippen MR) is 80.1 cm³/mol. The van der Waals surface area contributed by atoms with Crippen molar-refractivity contribution in [3.63, 3.8) is 0 Å². The molecule has 2 aromatic heterocycles. The lowest BCUT2D eigenvalue weighted by molar-refractivity contribution is 0.853. The summed E-state index contributed by atoms with van der Waals surface area (Å²) in [7, 11) is 0. The number of nitrogens with zero attached hydrogens (tertiary/aromatic N) is 2. The molecule has 1 N–H and O–H groups in total. The molecule has 0 aromatic carbocycles. The van der Waals surface area contributed by atoms with E-state index in [2.05, 4.69) is 21.0 Å². The highest BCUT2D eigenvalue weighted by molar-refractivity contribution is 7.98. The lowest BCUT2D eigenvalue weighted by atomic mass is 10.1. The average Bonchev–Trinajstić information content (AvgIpc) is 3.20. The van der Waals surface area contributed by atoms with Crippen molar-refractivity contribution in [1.82, 2.24) is 15.0 Å². The molecule has 2 heterocycles. The van der Waals surface area contributed by atoms with Gasteiger partial charge in [-0.05, 0) is 50.3 Å². The van der Waals surface area contributed by atoms with E-state index in [1.165, 1.54) is 17.3 Å². The number of aryl methyl sites for hydroxylation is 2. The second-order valence-corrected chi connectivity index (χ2v) is 6.22. The quantitative estimate of drug-likeness (QED) is 0.694. The summed E-state index contributed by atoms with van der Waals surface area (Å²) in [6.07, 6.45) is 4.04. The van der Waals surface area contributed by atoms with Crippen LogP contribution < -0.4 is 5.56 Å². The van der Waals surface area contributed by atoms with Crippen molar-refractivity contribution >= 4 is 11.8 Å². The molecule has 20 heavy (non-hydrogen) atoms. The van der Waals surface area contributed by atoms with Gasteiger partial charge in [0.1, 0.15) is 0 Å². The van der Waals surface area contributed by atoms with E-state index in [0.29, 0.717) is 16.8 Å². The van der Waals surface area contributed by atoms with Crippen molar-refractivity contribution in [1.29, 1.82) is 0 Å². The summed E-state index contributed by atoms with van der Waals surface area (Å²) in [5.74, 6) is 1.15. The van der Waals surface area contributed by atoms with Crippen molar-refractivity contribution in [2.75, 3.05) is 0 Å². The van der Waals surface area contributed by atoms with Gasteiger partial charge in [0.25, 0.3) is 5.56 Å². The number of nitrogens with one attached hydrogen (secondary N) is 1. The summed E-state index contributed by atoms with van der Waals surface area (Å²) in [4.78, 5) is 23.8. The summed E-state index contributed by atoms with van der Waals surface area (Å²) in [5.41, 5.74) is 3.97. The summed E-state index contributed by atoms with van der Waals surface area (Å²) in [5, 5.41) is 0.681. The zero-order valence-electron chi connectivity index (χ0n) is 11.6. The molecule has 1 aliphatic rings. The fourth-order valence-corrected chi connectivity index (χ4v) is 3.12. The van der Waals surface area contributed by atoms with Crippen LogP contribution in [0.4, 0.5) is 0 Å². The van der Waals surface area contributed by atoms with Crippen molar-refractivity contribution in [3.05, 3.63) is 51.2 Å². The fourth-order valence-electron chi connectivity index (χ4n) is 2.31. The van der Waals surface area contributed by atoms with Gasteiger partial charge in [0, 0.05) is 23.2 Å². The van der Waals surface area contributed by atoms with Gasteiger partial charge in [-0.25, -0.2) is 4.98 Å². The predicted octanol–water partition coefficient (Wildman–Crippen LogP) is 2.95. The SMILES string of the molecule is Cc1ccnc(CSc2nc(C)c(C3CC3)c(=O)[nH]2)c1. The topological polar surface area (TPSA) is 58.6 Å². The molecule has 0 amide bonds. The van der Waals surface area contributed by atoms with Gasteiger partial charge in [-0.1, -0.05) is 11.8 Å². The van der Waals surface area contributed by atoms with Crippen molar-refractivity contribution < 1.29 is 0 Å². The van der Waals surface area contributed by atoms with Gasteiger partial charge >= 0.3 is 0 Å². The molecule has 104 valence electrons. The Balaban J connectivity index is 1.76. The second-order valence-electron chi connectivity index (χ2n) is 5.26. The zero-order chi connectivity index (χ0) is 14.1. The van der Waals surface area contributed by atoms with Crippen LogP contribution >= 0.6 is 11.8 Å². The Kier molecular flexibility index (Phi) is 3.61. The summed E-state index contributed by atoms with van der Waals surface area (Å²) < 4.78 is 0. The van der Waals surface area contributed by atoms with E-state index >= 15 is 0 Å². The van der Waals surface area contributed by atoms with Crippen LogP contribution in [-0.4, -0.2) is 15.0 Å². The molecule has 0 bridgehead atoms. The van der Waals surface area contributed by atoms with Gasteiger partial charge in [0.2, 0.25) is 0 Å². The van der Waals surface area contributed by atoms with Crippen LogP contribution in [0.25, 0.3) is 0 Å². The van der Waals surface area contributed by atoms with Crippen LogP contribution in [0.15, 0.2) is 28.3 Å². The molecule has 2 aromatic rings. The van der Waals surface area contributed by atoms with E-state index < -0.39 is 0 Å². The molecular formula is C15H17N3OS. The Hall–Kier alpha value is -1.62. The number of aromatic nitrogens is 3. The molecule has 4 nitrogen and oxygen atoms in total. The standard InChI is InChI=1S/C15H17N3OS/c1-9-5-6-16-12(7-9)8-20-15-17-10(2)13(11-3-4-11)14(19)18-15/h5-7,11H,3-4,8H2,1-2H3,(H,17,18,19). The van der Waals surface area contributed by atoms with E-state index in [1.54, 1.807) is 0 Å². The Morgan fingerprint density at radius 2 is 2.20 bits per heavy atom. The molecular weight excluding hydrogens is 270 g/mol. The molecule has 0 unspecified atom stereocenters. The lowest BCUT2D eigenvalue weighted by Crippen LogP contribution is -2.16. The van der Waals surface area contributed by atoms with Crippen LogP contribution in [0.1, 0.15) is 41.3 Å². The minimum absolute atomic E-state index is 0.0275. The number of thioether (sulfide) groups is 1. The van der Waals surface area contributed by atoms with Crippen LogP contribution in [0, 0.1) is 13.8 Å².